The second-order valence-electron chi connectivity index (χ2n) is 7.04. The molecule has 0 bridgehead atoms. The zero-order chi connectivity index (χ0) is 18.4. The maximum absolute atomic E-state index is 13.0. The number of nitrogens with zero attached hydrogens (tertiary/aromatic N) is 6. The van der Waals surface area contributed by atoms with Gasteiger partial charge in [0, 0.05) is 6.04 Å². The maximum atomic E-state index is 13.0. The third-order valence-corrected chi connectivity index (χ3v) is 5.45. The number of hydrogen-bond acceptors (Lipinski definition) is 5. The van der Waals surface area contributed by atoms with E-state index in [0.717, 1.165) is 48.9 Å². The highest BCUT2D eigenvalue weighted by molar-refractivity contribution is 5.83. The van der Waals surface area contributed by atoms with E-state index in [1.54, 1.807) is 15.4 Å². The molecule has 7 heteroatoms. The summed E-state index contributed by atoms with van der Waals surface area (Å²) in [6, 6.07) is 10.3. The Hall–Kier alpha value is -3.09. The average molecular weight is 360 g/mol. The van der Waals surface area contributed by atoms with Crippen LogP contribution in [0.5, 0.6) is 0 Å². The predicted octanol–water partition coefficient (Wildman–Crippen LogP) is 3.18. The molecule has 0 unspecified atom stereocenters. The topological polar surface area (TPSA) is 78.0 Å². The summed E-state index contributed by atoms with van der Waals surface area (Å²) in [5, 5.41) is 13.4. The fourth-order valence-electron chi connectivity index (χ4n) is 4.07. The molecule has 0 radical (unpaired) electrons. The maximum Gasteiger partial charge on any atom is 0.283 e. The smallest absolute Gasteiger partial charge is 0.283 e. The van der Waals surface area contributed by atoms with E-state index in [0.29, 0.717) is 11.3 Å². The van der Waals surface area contributed by atoms with Gasteiger partial charge in [-0.3, -0.25) is 9.36 Å². The Kier molecular flexibility index (Phi) is 3.74. The molecule has 136 valence electrons. The fraction of sp³-hybridized carbons (Fsp3) is 0.350. The predicted molar refractivity (Wildman–Crippen MR) is 103 cm³/mol. The lowest BCUT2D eigenvalue weighted by Crippen LogP contribution is -2.25. The van der Waals surface area contributed by atoms with Crippen LogP contribution in [0.25, 0.3) is 27.9 Å². The summed E-state index contributed by atoms with van der Waals surface area (Å²) in [5.41, 5.74) is 4.17. The minimum Gasteiger partial charge on any atom is -0.294 e. The molecule has 1 aliphatic carbocycles. The standard InChI is InChI=1S/C20H20N6O/c1-2-15-16(13-8-4-3-5-9-13)18-23-22-17-19(26(18)24-15)21-12-25(20(17)27)14-10-6-7-11-14/h3-5,8-9,12,14H,2,6-7,10-11H2,1H3. The zero-order valence-corrected chi connectivity index (χ0v) is 15.2. The van der Waals surface area contributed by atoms with Crippen LogP contribution in [-0.4, -0.2) is 29.4 Å². The molecule has 0 spiro atoms. The van der Waals surface area contributed by atoms with Gasteiger partial charge in [0.2, 0.25) is 0 Å². The SMILES string of the molecule is CCc1nn2c(nnc3c(=O)n(C4CCCC4)cnc32)c1-c1ccccc1. The van der Waals surface area contributed by atoms with Crippen LogP contribution in [0.1, 0.15) is 44.3 Å². The van der Waals surface area contributed by atoms with Crippen molar-refractivity contribution in [3.63, 3.8) is 0 Å². The Morgan fingerprint density at radius 1 is 1.07 bits per heavy atom. The molecule has 3 aromatic heterocycles. The van der Waals surface area contributed by atoms with Gasteiger partial charge in [0.25, 0.3) is 5.56 Å². The molecule has 3 heterocycles. The molecule has 27 heavy (non-hydrogen) atoms. The first kappa shape index (κ1) is 16.1. The van der Waals surface area contributed by atoms with Crippen LogP contribution >= 0.6 is 0 Å². The number of aryl methyl sites for hydroxylation is 1. The molecule has 1 fully saturated rings. The lowest BCUT2D eigenvalue weighted by molar-refractivity contribution is 0.497. The van der Waals surface area contributed by atoms with Gasteiger partial charge >= 0.3 is 0 Å². The minimum atomic E-state index is -0.129. The van der Waals surface area contributed by atoms with Crippen molar-refractivity contribution >= 4 is 16.8 Å². The molecule has 0 atom stereocenters. The van der Waals surface area contributed by atoms with Crippen LogP contribution in [0.4, 0.5) is 0 Å². The van der Waals surface area contributed by atoms with E-state index < -0.39 is 0 Å². The normalized spacial score (nSPS) is 15.1. The van der Waals surface area contributed by atoms with Gasteiger partial charge in [0.15, 0.2) is 16.8 Å². The highest BCUT2D eigenvalue weighted by Gasteiger charge is 2.22. The van der Waals surface area contributed by atoms with Crippen molar-refractivity contribution in [3.05, 3.63) is 52.7 Å². The third kappa shape index (κ3) is 2.45. The zero-order valence-electron chi connectivity index (χ0n) is 15.2. The molecule has 0 aliphatic heterocycles. The summed E-state index contributed by atoms with van der Waals surface area (Å²) in [4.78, 5) is 17.5. The van der Waals surface area contributed by atoms with Gasteiger partial charge in [-0.15, -0.1) is 10.2 Å². The lowest BCUT2D eigenvalue weighted by Gasteiger charge is -2.12. The summed E-state index contributed by atoms with van der Waals surface area (Å²) in [6.45, 7) is 2.06. The Labute approximate surface area is 155 Å². The molecule has 4 aromatic rings. The molecule has 7 nitrogen and oxygen atoms in total. The summed E-state index contributed by atoms with van der Waals surface area (Å²) < 4.78 is 3.39. The number of rotatable bonds is 3. The molecule has 0 N–H and O–H groups in total. The van der Waals surface area contributed by atoms with Gasteiger partial charge in [-0.2, -0.15) is 9.61 Å². The van der Waals surface area contributed by atoms with E-state index in [9.17, 15) is 4.79 Å². The summed E-state index contributed by atoms with van der Waals surface area (Å²) in [7, 11) is 0. The molecular formula is C20H20N6O. The Morgan fingerprint density at radius 2 is 1.85 bits per heavy atom. The Bertz CT molecular complexity index is 1190. The van der Waals surface area contributed by atoms with Crippen LogP contribution in [0.15, 0.2) is 41.5 Å². The van der Waals surface area contributed by atoms with Crippen LogP contribution in [-0.2, 0) is 6.42 Å². The largest absolute Gasteiger partial charge is 0.294 e. The average Bonchev–Trinajstić information content (AvgIpc) is 3.36. The number of benzene rings is 1. The Balaban J connectivity index is 1.78. The van der Waals surface area contributed by atoms with E-state index in [-0.39, 0.29) is 17.1 Å². The van der Waals surface area contributed by atoms with Crippen molar-refractivity contribution in [2.45, 2.75) is 45.1 Å². The molecule has 5 rings (SSSR count). The van der Waals surface area contributed by atoms with Gasteiger partial charge in [0.1, 0.15) is 6.33 Å². The second kappa shape index (κ2) is 6.26. The van der Waals surface area contributed by atoms with Gasteiger partial charge in [-0.05, 0) is 24.8 Å². The van der Waals surface area contributed by atoms with Gasteiger partial charge in [0.05, 0.1) is 11.3 Å². The minimum absolute atomic E-state index is 0.129. The van der Waals surface area contributed by atoms with E-state index in [2.05, 4.69) is 22.1 Å². The lowest BCUT2D eigenvalue weighted by atomic mass is 10.0. The van der Waals surface area contributed by atoms with E-state index in [4.69, 9.17) is 5.10 Å². The number of hydrogen-bond donors (Lipinski definition) is 0. The van der Waals surface area contributed by atoms with Crippen molar-refractivity contribution in [3.8, 4) is 11.1 Å². The monoisotopic (exact) mass is 360 g/mol. The molecule has 0 amide bonds. The third-order valence-electron chi connectivity index (χ3n) is 5.45. The quantitative estimate of drug-likeness (QED) is 0.561. The van der Waals surface area contributed by atoms with Gasteiger partial charge < -0.3 is 0 Å². The summed E-state index contributed by atoms with van der Waals surface area (Å²) in [5.74, 6) is 0. The Morgan fingerprint density at radius 3 is 2.59 bits per heavy atom. The number of aromatic nitrogens is 6. The highest BCUT2D eigenvalue weighted by Crippen LogP contribution is 2.30. The van der Waals surface area contributed by atoms with Crippen molar-refractivity contribution in [1.29, 1.82) is 0 Å². The van der Waals surface area contributed by atoms with E-state index in [1.165, 1.54) is 0 Å². The van der Waals surface area contributed by atoms with Crippen molar-refractivity contribution in [2.24, 2.45) is 0 Å². The first-order valence-corrected chi connectivity index (χ1v) is 9.48. The van der Waals surface area contributed by atoms with E-state index >= 15 is 0 Å². The van der Waals surface area contributed by atoms with Crippen molar-refractivity contribution < 1.29 is 0 Å². The molecule has 1 saturated carbocycles. The molecule has 1 aromatic carbocycles. The first-order chi connectivity index (χ1) is 13.3. The highest BCUT2D eigenvalue weighted by atomic mass is 16.1. The van der Waals surface area contributed by atoms with Crippen molar-refractivity contribution in [2.75, 3.05) is 0 Å². The van der Waals surface area contributed by atoms with Crippen LogP contribution in [0.3, 0.4) is 0 Å². The summed E-state index contributed by atoms with van der Waals surface area (Å²) in [6.07, 6.45) is 6.75. The van der Waals surface area contributed by atoms with E-state index in [1.807, 2.05) is 30.3 Å². The van der Waals surface area contributed by atoms with Crippen molar-refractivity contribution in [1.82, 2.24) is 29.4 Å². The van der Waals surface area contributed by atoms with Crippen LogP contribution in [0.2, 0.25) is 0 Å². The second-order valence-corrected chi connectivity index (χ2v) is 7.04. The van der Waals surface area contributed by atoms with Gasteiger partial charge in [-0.1, -0.05) is 50.1 Å². The van der Waals surface area contributed by atoms with Crippen LogP contribution in [0, 0.1) is 0 Å². The molecule has 1 aliphatic rings. The molecule has 0 saturated heterocycles. The first-order valence-electron chi connectivity index (χ1n) is 9.48. The van der Waals surface area contributed by atoms with Crippen LogP contribution < -0.4 is 5.56 Å². The fourth-order valence-corrected chi connectivity index (χ4v) is 4.07. The molecular weight excluding hydrogens is 340 g/mol. The number of fused-ring (bicyclic) bond motifs is 3. The summed E-state index contributed by atoms with van der Waals surface area (Å²) >= 11 is 0. The van der Waals surface area contributed by atoms with Gasteiger partial charge in [-0.25, -0.2) is 4.98 Å².